The molecule has 164 valence electrons. The second-order valence-electron chi connectivity index (χ2n) is 8.37. The molecule has 3 heterocycles. The summed E-state index contributed by atoms with van der Waals surface area (Å²) in [4.78, 5) is 30.1. The van der Waals surface area contributed by atoms with Crippen molar-refractivity contribution in [1.82, 2.24) is 15.1 Å². The monoisotopic (exact) mass is 423 g/mol. The standard InChI is InChI=1S/C24H29N3O4/c1-15-5-7-18-20(28)13-22(31-23(18)17(15)3)24(29)25-14-19(21-8-6-16(2)30-21)27-11-9-26(4)10-12-27/h5-8,13,19H,9-12,14H2,1-4H3,(H,25,29)/t19-/m0/s1. The quantitative estimate of drug-likeness (QED) is 0.680. The van der Waals surface area contributed by atoms with Crippen molar-refractivity contribution in [2.75, 3.05) is 39.8 Å². The molecule has 0 radical (unpaired) electrons. The molecule has 1 aromatic carbocycles. The van der Waals surface area contributed by atoms with Gasteiger partial charge in [0.2, 0.25) is 0 Å². The molecule has 1 N–H and O–H groups in total. The fourth-order valence-corrected chi connectivity index (χ4v) is 4.02. The van der Waals surface area contributed by atoms with Gasteiger partial charge in [-0.2, -0.15) is 0 Å². The lowest BCUT2D eigenvalue weighted by Gasteiger charge is -2.37. The first kappa shape index (κ1) is 21.3. The summed E-state index contributed by atoms with van der Waals surface area (Å²) in [6.45, 7) is 9.82. The van der Waals surface area contributed by atoms with Crippen molar-refractivity contribution in [3.63, 3.8) is 0 Å². The van der Waals surface area contributed by atoms with E-state index in [-0.39, 0.29) is 17.2 Å². The number of nitrogens with one attached hydrogen (secondary N) is 1. The molecule has 7 nitrogen and oxygen atoms in total. The number of hydrogen-bond donors (Lipinski definition) is 1. The van der Waals surface area contributed by atoms with Gasteiger partial charge in [0.05, 0.1) is 11.4 Å². The van der Waals surface area contributed by atoms with Crippen molar-refractivity contribution in [1.29, 1.82) is 0 Å². The number of benzene rings is 1. The van der Waals surface area contributed by atoms with Gasteiger partial charge in [0, 0.05) is 38.8 Å². The highest BCUT2D eigenvalue weighted by Gasteiger charge is 2.27. The molecule has 1 fully saturated rings. The minimum atomic E-state index is -0.401. The molecule has 0 saturated carbocycles. The van der Waals surface area contributed by atoms with Crippen LogP contribution >= 0.6 is 0 Å². The Morgan fingerprint density at radius 1 is 1.06 bits per heavy atom. The summed E-state index contributed by atoms with van der Waals surface area (Å²) >= 11 is 0. The molecule has 0 bridgehead atoms. The van der Waals surface area contributed by atoms with Gasteiger partial charge < -0.3 is 19.1 Å². The van der Waals surface area contributed by atoms with Crippen molar-refractivity contribution in [3.05, 3.63) is 69.0 Å². The Balaban J connectivity index is 1.56. The van der Waals surface area contributed by atoms with Gasteiger partial charge in [-0.15, -0.1) is 0 Å². The van der Waals surface area contributed by atoms with Crippen LogP contribution in [0.25, 0.3) is 11.0 Å². The van der Waals surface area contributed by atoms with Crippen LogP contribution in [0.3, 0.4) is 0 Å². The summed E-state index contributed by atoms with van der Waals surface area (Å²) < 4.78 is 11.8. The van der Waals surface area contributed by atoms with E-state index in [1.54, 1.807) is 6.07 Å². The molecule has 0 unspecified atom stereocenters. The third-order valence-corrected chi connectivity index (χ3v) is 6.16. The fraction of sp³-hybridized carbons (Fsp3) is 0.417. The van der Waals surface area contributed by atoms with Gasteiger partial charge in [-0.3, -0.25) is 14.5 Å². The van der Waals surface area contributed by atoms with E-state index in [0.717, 1.165) is 48.8 Å². The van der Waals surface area contributed by atoms with Crippen molar-refractivity contribution in [2.45, 2.75) is 26.8 Å². The number of nitrogens with zero attached hydrogens (tertiary/aromatic N) is 2. The van der Waals surface area contributed by atoms with Crippen molar-refractivity contribution in [2.24, 2.45) is 0 Å². The molecular formula is C24H29N3O4. The van der Waals surface area contributed by atoms with Gasteiger partial charge in [-0.1, -0.05) is 6.07 Å². The van der Waals surface area contributed by atoms with E-state index >= 15 is 0 Å². The normalized spacial score (nSPS) is 16.5. The predicted molar refractivity (Wildman–Crippen MR) is 120 cm³/mol. The molecule has 1 atom stereocenters. The number of likely N-dealkylation sites (N-methyl/N-ethyl adjacent to an activating group) is 1. The molecular weight excluding hydrogens is 394 g/mol. The van der Waals surface area contributed by atoms with Crippen LogP contribution in [-0.4, -0.2) is 55.5 Å². The Morgan fingerprint density at radius 3 is 2.48 bits per heavy atom. The number of furan rings is 1. The number of carbonyl (C=O) groups excluding carboxylic acids is 1. The van der Waals surface area contributed by atoms with Crippen LogP contribution in [-0.2, 0) is 0 Å². The average molecular weight is 424 g/mol. The highest BCUT2D eigenvalue weighted by Crippen LogP contribution is 2.24. The Labute approximate surface area is 181 Å². The van der Waals surface area contributed by atoms with Crippen LogP contribution in [0.5, 0.6) is 0 Å². The maximum Gasteiger partial charge on any atom is 0.287 e. The first-order valence-electron chi connectivity index (χ1n) is 10.6. The van der Waals surface area contributed by atoms with Crippen LogP contribution < -0.4 is 10.7 Å². The molecule has 2 aromatic heterocycles. The van der Waals surface area contributed by atoms with E-state index in [1.807, 2.05) is 39.0 Å². The van der Waals surface area contributed by atoms with E-state index in [2.05, 4.69) is 22.2 Å². The van der Waals surface area contributed by atoms with Gasteiger partial charge in [-0.05, 0) is 57.1 Å². The fourth-order valence-electron chi connectivity index (χ4n) is 4.02. The Kier molecular flexibility index (Phi) is 5.98. The summed E-state index contributed by atoms with van der Waals surface area (Å²) in [5.41, 5.74) is 2.13. The number of aryl methyl sites for hydroxylation is 3. The van der Waals surface area contributed by atoms with Gasteiger partial charge >= 0.3 is 0 Å². The Morgan fingerprint density at radius 2 is 1.81 bits per heavy atom. The zero-order chi connectivity index (χ0) is 22.1. The van der Waals surface area contributed by atoms with Crippen LogP contribution in [0.1, 0.15) is 39.2 Å². The lowest BCUT2D eigenvalue weighted by atomic mass is 10.1. The molecule has 4 rings (SSSR count). The largest absolute Gasteiger partial charge is 0.465 e. The number of fused-ring (bicyclic) bond motifs is 1. The smallest absolute Gasteiger partial charge is 0.287 e. The molecule has 31 heavy (non-hydrogen) atoms. The first-order chi connectivity index (χ1) is 14.8. The third-order valence-electron chi connectivity index (χ3n) is 6.16. The van der Waals surface area contributed by atoms with E-state index in [0.29, 0.717) is 17.5 Å². The molecule has 1 amide bonds. The van der Waals surface area contributed by atoms with Crippen LogP contribution in [0.2, 0.25) is 0 Å². The number of hydrogen-bond acceptors (Lipinski definition) is 6. The van der Waals surface area contributed by atoms with Crippen LogP contribution in [0.15, 0.2) is 44.0 Å². The number of amides is 1. The van der Waals surface area contributed by atoms with Gasteiger partial charge in [-0.25, -0.2) is 0 Å². The second kappa shape index (κ2) is 8.69. The van der Waals surface area contributed by atoms with Gasteiger partial charge in [0.15, 0.2) is 11.2 Å². The molecule has 7 heteroatoms. The summed E-state index contributed by atoms with van der Waals surface area (Å²) in [6.07, 6.45) is 0. The van der Waals surface area contributed by atoms with E-state index in [4.69, 9.17) is 8.83 Å². The van der Waals surface area contributed by atoms with Gasteiger partial charge in [0.1, 0.15) is 17.1 Å². The first-order valence-corrected chi connectivity index (χ1v) is 10.6. The Bertz CT molecular complexity index is 1160. The SMILES string of the molecule is Cc1ccc([C@H](CNC(=O)c2cc(=O)c3ccc(C)c(C)c3o2)N2CCN(C)CC2)o1. The zero-order valence-electron chi connectivity index (χ0n) is 18.5. The van der Waals surface area contributed by atoms with Crippen LogP contribution in [0, 0.1) is 20.8 Å². The molecule has 0 spiro atoms. The van der Waals surface area contributed by atoms with E-state index in [9.17, 15) is 9.59 Å². The molecule has 1 aliphatic heterocycles. The number of carbonyl (C=O) groups is 1. The maximum atomic E-state index is 12.9. The molecule has 3 aromatic rings. The van der Waals surface area contributed by atoms with Crippen molar-refractivity contribution in [3.8, 4) is 0 Å². The summed E-state index contributed by atoms with van der Waals surface area (Å²) in [6, 6.07) is 8.73. The van der Waals surface area contributed by atoms with E-state index < -0.39 is 5.91 Å². The second-order valence-corrected chi connectivity index (χ2v) is 8.37. The summed E-state index contributed by atoms with van der Waals surface area (Å²) in [5, 5.41) is 3.44. The highest BCUT2D eigenvalue weighted by molar-refractivity contribution is 5.93. The minimum Gasteiger partial charge on any atom is -0.465 e. The van der Waals surface area contributed by atoms with E-state index in [1.165, 1.54) is 6.07 Å². The predicted octanol–water partition coefficient (Wildman–Crippen LogP) is 3.03. The number of rotatable bonds is 5. The van der Waals surface area contributed by atoms with Crippen molar-refractivity contribution >= 4 is 16.9 Å². The minimum absolute atomic E-state index is 0.0268. The van der Waals surface area contributed by atoms with Crippen LogP contribution in [0.4, 0.5) is 0 Å². The van der Waals surface area contributed by atoms with Gasteiger partial charge in [0.25, 0.3) is 5.91 Å². The van der Waals surface area contributed by atoms with Crippen molar-refractivity contribution < 1.29 is 13.6 Å². The Hall–Kier alpha value is -2.90. The summed E-state index contributed by atoms with van der Waals surface area (Å²) in [5.74, 6) is 1.29. The number of piperazine rings is 1. The topological polar surface area (TPSA) is 78.9 Å². The molecule has 0 aliphatic carbocycles. The third kappa shape index (κ3) is 4.43. The molecule has 1 aliphatic rings. The zero-order valence-corrected chi connectivity index (χ0v) is 18.5. The lowest BCUT2D eigenvalue weighted by Crippen LogP contribution is -2.48. The lowest BCUT2D eigenvalue weighted by molar-refractivity contribution is 0.0830. The molecule has 1 saturated heterocycles. The average Bonchev–Trinajstić information content (AvgIpc) is 3.18. The highest BCUT2D eigenvalue weighted by atomic mass is 16.3. The summed E-state index contributed by atoms with van der Waals surface area (Å²) in [7, 11) is 2.11. The maximum absolute atomic E-state index is 12.9.